The number of hydrogen-bond donors (Lipinski definition) is 2. The number of rotatable bonds is 5. The van der Waals surface area contributed by atoms with Crippen molar-refractivity contribution in [1.29, 1.82) is 0 Å². The first-order chi connectivity index (χ1) is 15.0. The summed E-state index contributed by atoms with van der Waals surface area (Å²) < 4.78 is 5.40. The van der Waals surface area contributed by atoms with E-state index in [1.807, 2.05) is 49.5 Å². The molecule has 2 N–H and O–H groups in total. The summed E-state index contributed by atoms with van der Waals surface area (Å²) in [4.78, 5) is 32.0. The van der Waals surface area contributed by atoms with Gasteiger partial charge in [0.05, 0.1) is 6.04 Å². The molecule has 3 aromatic rings. The van der Waals surface area contributed by atoms with Gasteiger partial charge in [-0.3, -0.25) is 9.69 Å². The first kappa shape index (κ1) is 21.2. The van der Waals surface area contributed by atoms with E-state index < -0.39 is 0 Å². The number of aromatic nitrogens is 1. The molecule has 2 amide bonds. The minimum Gasteiger partial charge on any atom is -0.445 e. The number of nitrogens with zero attached hydrogens (tertiary/aromatic N) is 2. The molecule has 0 saturated carbocycles. The molecule has 31 heavy (non-hydrogen) atoms. The summed E-state index contributed by atoms with van der Waals surface area (Å²) in [6.07, 6.45) is 1.53. The highest BCUT2D eigenvalue weighted by Crippen LogP contribution is 2.19. The Morgan fingerprint density at radius 3 is 2.58 bits per heavy atom. The van der Waals surface area contributed by atoms with Crippen LogP contribution in [0.2, 0.25) is 5.02 Å². The Morgan fingerprint density at radius 1 is 1.10 bits per heavy atom. The maximum Gasteiger partial charge on any atom is 0.410 e. The Balaban J connectivity index is 1.24. The molecule has 1 aliphatic rings. The predicted octanol–water partition coefficient (Wildman–Crippen LogP) is 4.10. The van der Waals surface area contributed by atoms with E-state index in [9.17, 15) is 9.59 Å². The number of benzene rings is 2. The van der Waals surface area contributed by atoms with E-state index in [0.717, 1.165) is 22.2 Å². The van der Waals surface area contributed by atoms with Gasteiger partial charge in [0, 0.05) is 54.0 Å². The van der Waals surface area contributed by atoms with Crippen molar-refractivity contribution in [2.75, 3.05) is 31.5 Å². The van der Waals surface area contributed by atoms with Gasteiger partial charge in [0.15, 0.2) is 0 Å². The van der Waals surface area contributed by atoms with Crippen molar-refractivity contribution in [3.8, 4) is 0 Å². The van der Waals surface area contributed by atoms with Crippen molar-refractivity contribution in [3.63, 3.8) is 0 Å². The molecule has 2 aromatic carbocycles. The molecule has 1 aromatic heterocycles. The first-order valence-corrected chi connectivity index (χ1v) is 10.7. The highest BCUT2D eigenvalue weighted by atomic mass is 35.5. The summed E-state index contributed by atoms with van der Waals surface area (Å²) in [5, 5.41) is 4.69. The van der Waals surface area contributed by atoms with Gasteiger partial charge in [0.2, 0.25) is 5.91 Å². The van der Waals surface area contributed by atoms with Crippen molar-refractivity contribution in [1.82, 2.24) is 14.8 Å². The molecule has 2 heterocycles. The van der Waals surface area contributed by atoms with Crippen LogP contribution in [-0.4, -0.2) is 59.0 Å². The lowest BCUT2D eigenvalue weighted by molar-refractivity contribution is -0.121. The predicted molar refractivity (Wildman–Crippen MR) is 121 cm³/mol. The number of carbonyl (C=O) groups excluding carboxylic acids is 2. The van der Waals surface area contributed by atoms with E-state index in [1.54, 1.807) is 17.0 Å². The Bertz CT molecular complexity index is 1060. The van der Waals surface area contributed by atoms with Gasteiger partial charge in [0.1, 0.15) is 6.61 Å². The third-order valence-corrected chi connectivity index (χ3v) is 5.85. The minimum absolute atomic E-state index is 0.0614. The van der Waals surface area contributed by atoms with Crippen LogP contribution >= 0.6 is 11.6 Å². The van der Waals surface area contributed by atoms with E-state index in [0.29, 0.717) is 31.2 Å². The number of carbonyl (C=O) groups is 2. The van der Waals surface area contributed by atoms with E-state index in [4.69, 9.17) is 16.3 Å². The second-order valence-corrected chi connectivity index (χ2v) is 8.09. The summed E-state index contributed by atoms with van der Waals surface area (Å²) in [5.41, 5.74) is 2.69. The van der Waals surface area contributed by atoms with Crippen LogP contribution in [0.3, 0.4) is 0 Å². The second-order valence-electron chi connectivity index (χ2n) is 7.65. The van der Waals surface area contributed by atoms with Gasteiger partial charge >= 0.3 is 6.09 Å². The third-order valence-electron chi connectivity index (χ3n) is 5.60. The number of anilines is 1. The van der Waals surface area contributed by atoms with E-state index in [2.05, 4.69) is 15.2 Å². The Kier molecular flexibility index (Phi) is 6.44. The number of nitrogens with one attached hydrogen (secondary N) is 2. The number of H-pyrrole nitrogens is 1. The molecule has 4 rings (SSSR count). The SMILES string of the molecule is CC(C(=O)Nc1ccc2[nH]ccc2c1)N1CCN(C(=O)OCc2ccc(Cl)cc2)CC1. The van der Waals surface area contributed by atoms with Crippen LogP contribution in [0.5, 0.6) is 0 Å². The lowest BCUT2D eigenvalue weighted by atomic mass is 10.2. The molecule has 0 radical (unpaired) electrons. The van der Waals surface area contributed by atoms with Gasteiger partial charge in [-0.2, -0.15) is 0 Å². The number of piperazine rings is 1. The van der Waals surface area contributed by atoms with Gasteiger partial charge in [-0.05, 0) is 48.9 Å². The number of aromatic amines is 1. The van der Waals surface area contributed by atoms with Gasteiger partial charge in [-0.15, -0.1) is 0 Å². The first-order valence-electron chi connectivity index (χ1n) is 10.3. The van der Waals surface area contributed by atoms with Gasteiger partial charge in [0.25, 0.3) is 0 Å². The largest absolute Gasteiger partial charge is 0.445 e. The molecular formula is C23H25ClN4O3. The average Bonchev–Trinajstić information content (AvgIpc) is 3.26. The van der Waals surface area contributed by atoms with Gasteiger partial charge in [-0.25, -0.2) is 4.79 Å². The summed E-state index contributed by atoms with van der Waals surface area (Å²) in [5.74, 6) is -0.0614. The van der Waals surface area contributed by atoms with E-state index in [1.165, 1.54) is 0 Å². The van der Waals surface area contributed by atoms with Crippen LogP contribution in [0, 0.1) is 0 Å². The molecule has 0 spiro atoms. The molecular weight excluding hydrogens is 416 g/mol. The molecule has 1 aliphatic heterocycles. The summed E-state index contributed by atoms with van der Waals surface area (Å²) in [7, 11) is 0. The molecule has 1 unspecified atom stereocenters. The molecule has 8 heteroatoms. The Labute approximate surface area is 185 Å². The zero-order chi connectivity index (χ0) is 21.8. The molecule has 0 aliphatic carbocycles. The molecule has 1 saturated heterocycles. The molecule has 1 atom stereocenters. The van der Waals surface area contributed by atoms with Gasteiger partial charge in [-0.1, -0.05) is 23.7 Å². The monoisotopic (exact) mass is 440 g/mol. The Hall–Kier alpha value is -3.03. The summed E-state index contributed by atoms with van der Waals surface area (Å²) in [6.45, 7) is 4.36. The van der Waals surface area contributed by atoms with Crippen LogP contribution in [0.1, 0.15) is 12.5 Å². The van der Waals surface area contributed by atoms with Crippen molar-refractivity contribution < 1.29 is 14.3 Å². The van der Waals surface area contributed by atoms with Crippen LogP contribution in [0.15, 0.2) is 54.7 Å². The van der Waals surface area contributed by atoms with Crippen LogP contribution in [-0.2, 0) is 16.1 Å². The fraction of sp³-hybridized carbons (Fsp3) is 0.304. The van der Waals surface area contributed by atoms with Gasteiger partial charge < -0.3 is 19.9 Å². The summed E-state index contributed by atoms with van der Waals surface area (Å²) >= 11 is 5.87. The van der Waals surface area contributed by atoms with Crippen molar-refractivity contribution in [2.45, 2.75) is 19.6 Å². The number of halogens is 1. The second kappa shape index (κ2) is 9.41. The van der Waals surface area contributed by atoms with Crippen LogP contribution in [0.25, 0.3) is 10.9 Å². The van der Waals surface area contributed by atoms with Crippen LogP contribution in [0.4, 0.5) is 10.5 Å². The lowest BCUT2D eigenvalue weighted by Crippen LogP contribution is -2.54. The smallest absolute Gasteiger partial charge is 0.410 e. The number of hydrogen-bond acceptors (Lipinski definition) is 4. The minimum atomic E-state index is -0.341. The normalized spacial score (nSPS) is 15.6. The fourth-order valence-electron chi connectivity index (χ4n) is 3.65. The zero-order valence-corrected chi connectivity index (χ0v) is 18.1. The number of ether oxygens (including phenoxy) is 1. The third kappa shape index (κ3) is 5.18. The number of fused-ring (bicyclic) bond motifs is 1. The standard InChI is InChI=1S/C23H25ClN4O3/c1-16(22(29)26-20-6-7-21-18(14-20)8-9-25-21)27-10-12-28(13-11-27)23(30)31-15-17-2-4-19(24)5-3-17/h2-9,14,16,25H,10-13,15H2,1H3,(H,26,29). The average molecular weight is 441 g/mol. The summed E-state index contributed by atoms with van der Waals surface area (Å²) in [6, 6.07) is 14.7. The maximum atomic E-state index is 12.7. The van der Waals surface area contributed by atoms with Crippen molar-refractivity contribution in [2.24, 2.45) is 0 Å². The van der Waals surface area contributed by atoms with E-state index in [-0.39, 0.29) is 24.6 Å². The van der Waals surface area contributed by atoms with E-state index >= 15 is 0 Å². The zero-order valence-electron chi connectivity index (χ0n) is 17.3. The highest BCUT2D eigenvalue weighted by molar-refractivity contribution is 6.30. The van der Waals surface area contributed by atoms with Crippen molar-refractivity contribution >= 4 is 40.2 Å². The quantitative estimate of drug-likeness (QED) is 0.626. The molecule has 1 fully saturated rings. The molecule has 162 valence electrons. The number of amides is 2. The van der Waals surface area contributed by atoms with Crippen LogP contribution < -0.4 is 5.32 Å². The maximum absolute atomic E-state index is 12.7. The highest BCUT2D eigenvalue weighted by Gasteiger charge is 2.28. The molecule has 0 bridgehead atoms. The topological polar surface area (TPSA) is 77.7 Å². The Morgan fingerprint density at radius 2 is 1.84 bits per heavy atom. The molecule has 7 nitrogen and oxygen atoms in total. The fourth-order valence-corrected chi connectivity index (χ4v) is 3.78. The lowest BCUT2D eigenvalue weighted by Gasteiger charge is -2.36. The van der Waals surface area contributed by atoms with Crippen molar-refractivity contribution in [3.05, 3.63) is 65.3 Å².